The van der Waals surface area contributed by atoms with Gasteiger partial charge in [0.2, 0.25) is 5.95 Å². The number of nitrogens with one attached hydrogen (secondary N) is 1. The minimum absolute atomic E-state index is 0.136. The SMILES string of the molecule is CN(C)c1ncc(-c2cc(C(=O)NCc3cccnc3)n(C)c2)cn1. The van der Waals surface area contributed by atoms with Crippen LogP contribution in [0.15, 0.2) is 49.2 Å². The lowest BCUT2D eigenvalue weighted by Gasteiger charge is -2.09. The van der Waals surface area contributed by atoms with Crippen molar-refractivity contribution in [1.29, 1.82) is 0 Å². The Labute approximate surface area is 146 Å². The smallest absolute Gasteiger partial charge is 0.268 e. The minimum atomic E-state index is -0.136. The van der Waals surface area contributed by atoms with Crippen LogP contribution in [0.5, 0.6) is 0 Å². The van der Waals surface area contributed by atoms with Crippen LogP contribution in [0.2, 0.25) is 0 Å². The molecule has 0 saturated carbocycles. The summed E-state index contributed by atoms with van der Waals surface area (Å²) < 4.78 is 1.80. The van der Waals surface area contributed by atoms with Crippen molar-refractivity contribution in [1.82, 2.24) is 24.8 Å². The summed E-state index contributed by atoms with van der Waals surface area (Å²) in [6.45, 7) is 0.438. The van der Waals surface area contributed by atoms with Crippen molar-refractivity contribution in [3.05, 3.63) is 60.4 Å². The summed E-state index contributed by atoms with van der Waals surface area (Å²) in [6.07, 6.45) is 8.86. The molecule has 0 fully saturated rings. The Morgan fingerprint density at radius 3 is 2.60 bits per heavy atom. The van der Waals surface area contributed by atoms with E-state index in [4.69, 9.17) is 0 Å². The molecule has 1 amide bonds. The zero-order valence-electron chi connectivity index (χ0n) is 14.5. The number of amides is 1. The Bertz CT molecular complexity index is 855. The minimum Gasteiger partial charge on any atom is -0.347 e. The average Bonchev–Trinajstić information content (AvgIpc) is 3.02. The maximum absolute atomic E-state index is 12.4. The largest absolute Gasteiger partial charge is 0.347 e. The van der Waals surface area contributed by atoms with Gasteiger partial charge in [-0.15, -0.1) is 0 Å². The van der Waals surface area contributed by atoms with Crippen LogP contribution in [-0.2, 0) is 13.6 Å². The van der Waals surface area contributed by atoms with E-state index >= 15 is 0 Å². The van der Waals surface area contributed by atoms with Crippen LogP contribution in [-0.4, -0.2) is 39.5 Å². The number of pyridine rings is 1. The number of aromatic nitrogens is 4. The lowest BCUT2D eigenvalue weighted by Crippen LogP contribution is -2.24. The molecule has 0 radical (unpaired) electrons. The van der Waals surface area contributed by atoms with Gasteiger partial charge in [0.25, 0.3) is 5.91 Å². The molecule has 0 unspecified atom stereocenters. The molecule has 3 rings (SSSR count). The van der Waals surface area contributed by atoms with Crippen LogP contribution in [0.4, 0.5) is 5.95 Å². The number of hydrogen-bond acceptors (Lipinski definition) is 5. The predicted molar refractivity (Wildman–Crippen MR) is 96.2 cm³/mol. The molecular weight excluding hydrogens is 316 g/mol. The van der Waals surface area contributed by atoms with Crippen LogP contribution >= 0.6 is 0 Å². The predicted octanol–water partition coefficient (Wildman–Crippen LogP) is 1.87. The van der Waals surface area contributed by atoms with E-state index in [1.54, 1.807) is 29.4 Å². The summed E-state index contributed by atoms with van der Waals surface area (Å²) in [5.41, 5.74) is 3.31. The number of carbonyl (C=O) groups is 1. The van der Waals surface area contributed by atoms with Gasteiger partial charge in [-0.2, -0.15) is 0 Å². The molecule has 0 bridgehead atoms. The van der Waals surface area contributed by atoms with Gasteiger partial charge in [0, 0.05) is 69.8 Å². The Morgan fingerprint density at radius 2 is 1.96 bits per heavy atom. The van der Waals surface area contributed by atoms with Gasteiger partial charge in [-0.05, 0) is 17.7 Å². The monoisotopic (exact) mass is 336 g/mol. The van der Waals surface area contributed by atoms with Gasteiger partial charge in [-0.25, -0.2) is 9.97 Å². The van der Waals surface area contributed by atoms with Gasteiger partial charge >= 0.3 is 0 Å². The van der Waals surface area contributed by atoms with Crippen LogP contribution < -0.4 is 10.2 Å². The van der Waals surface area contributed by atoms with E-state index in [1.807, 2.05) is 50.4 Å². The van der Waals surface area contributed by atoms with Crippen LogP contribution in [0.3, 0.4) is 0 Å². The summed E-state index contributed by atoms with van der Waals surface area (Å²) in [4.78, 5) is 26.9. The topological polar surface area (TPSA) is 75.9 Å². The van der Waals surface area contributed by atoms with Gasteiger partial charge in [0.15, 0.2) is 0 Å². The molecule has 3 aromatic heterocycles. The van der Waals surface area contributed by atoms with Crippen molar-refractivity contribution in [2.45, 2.75) is 6.54 Å². The van der Waals surface area contributed by atoms with Crippen LogP contribution in [0.25, 0.3) is 11.1 Å². The third-order valence-corrected chi connectivity index (χ3v) is 3.78. The third kappa shape index (κ3) is 3.82. The molecule has 0 atom stereocenters. The molecule has 25 heavy (non-hydrogen) atoms. The van der Waals surface area contributed by atoms with Gasteiger partial charge in [0.1, 0.15) is 5.69 Å². The molecule has 0 aliphatic heterocycles. The van der Waals surface area contributed by atoms with Crippen LogP contribution in [0, 0.1) is 0 Å². The van der Waals surface area contributed by atoms with Crippen molar-refractivity contribution in [2.75, 3.05) is 19.0 Å². The lowest BCUT2D eigenvalue weighted by atomic mass is 10.2. The molecule has 0 aliphatic carbocycles. The van der Waals surface area contributed by atoms with Crippen molar-refractivity contribution in [2.24, 2.45) is 7.05 Å². The number of hydrogen-bond donors (Lipinski definition) is 1. The number of aryl methyl sites for hydroxylation is 1. The summed E-state index contributed by atoms with van der Waals surface area (Å²) in [7, 11) is 5.63. The van der Waals surface area contributed by atoms with E-state index in [0.29, 0.717) is 18.2 Å². The Balaban J connectivity index is 1.74. The molecule has 1 N–H and O–H groups in total. The fraction of sp³-hybridized carbons (Fsp3) is 0.222. The van der Waals surface area contributed by atoms with Gasteiger partial charge in [-0.3, -0.25) is 9.78 Å². The second-order valence-corrected chi connectivity index (χ2v) is 5.94. The number of carbonyl (C=O) groups excluding carboxylic acids is 1. The van der Waals surface area contributed by atoms with Gasteiger partial charge in [0.05, 0.1) is 0 Å². The standard InChI is InChI=1S/C18H20N6O/c1-23(2)18-21-10-15(11-22-18)14-7-16(24(3)12-14)17(25)20-9-13-5-4-6-19-8-13/h4-8,10-12H,9H2,1-3H3,(H,20,25). The first-order chi connectivity index (χ1) is 12.0. The highest BCUT2D eigenvalue weighted by Crippen LogP contribution is 2.21. The maximum atomic E-state index is 12.4. The summed E-state index contributed by atoms with van der Waals surface area (Å²) in [5, 5.41) is 2.91. The fourth-order valence-electron chi connectivity index (χ4n) is 2.42. The molecule has 0 aliphatic rings. The number of nitrogens with zero attached hydrogens (tertiary/aromatic N) is 5. The Hall–Kier alpha value is -3.22. The van der Waals surface area contributed by atoms with Crippen molar-refractivity contribution < 1.29 is 4.79 Å². The molecule has 0 spiro atoms. The van der Waals surface area contributed by atoms with Gasteiger partial charge < -0.3 is 14.8 Å². The normalized spacial score (nSPS) is 10.5. The number of anilines is 1. The first-order valence-corrected chi connectivity index (χ1v) is 7.88. The highest BCUT2D eigenvalue weighted by molar-refractivity contribution is 5.94. The van der Waals surface area contributed by atoms with Crippen molar-refractivity contribution >= 4 is 11.9 Å². The van der Waals surface area contributed by atoms with E-state index in [9.17, 15) is 4.79 Å². The van der Waals surface area contributed by atoms with Crippen molar-refractivity contribution in [3.63, 3.8) is 0 Å². The van der Waals surface area contributed by atoms with E-state index in [-0.39, 0.29) is 5.91 Å². The lowest BCUT2D eigenvalue weighted by molar-refractivity contribution is 0.0943. The molecule has 3 heterocycles. The molecule has 0 aromatic carbocycles. The first-order valence-electron chi connectivity index (χ1n) is 7.88. The van der Waals surface area contributed by atoms with E-state index in [1.165, 1.54) is 0 Å². The number of rotatable bonds is 5. The highest BCUT2D eigenvalue weighted by Gasteiger charge is 2.13. The third-order valence-electron chi connectivity index (χ3n) is 3.78. The Kier molecular flexibility index (Phi) is 4.74. The molecule has 0 saturated heterocycles. The van der Waals surface area contributed by atoms with E-state index in [2.05, 4.69) is 20.3 Å². The van der Waals surface area contributed by atoms with E-state index < -0.39 is 0 Å². The Morgan fingerprint density at radius 1 is 1.20 bits per heavy atom. The van der Waals surface area contributed by atoms with Gasteiger partial charge in [-0.1, -0.05) is 6.07 Å². The molecule has 3 aromatic rings. The fourth-order valence-corrected chi connectivity index (χ4v) is 2.42. The summed E-state index contributed by atoms with van der Waals surface area (Å²) >= 11 is 0. The second-order valence-electron chi connectivity index (χ2n) is 5.94. The second kappa shape index (κ2) is 7.12. The zero-order valence-corrected chi connectivity index (χ0v) is 14.5. The molecule has 7 nitrogen and oxygen atoms in total. The molecular formula is C18H20N6O. The van der Waals surface area contributed by atoms with Crippen molar-refractivity contribution in [3.8, 4) is 11.1 Å². The molecule has 7 heteroatoms. The summed E-state index contributed by atoms with van der Waals surface area (Å²) in [6, 6.07) is 5.61. The molecule has 128 valence electrons. The van der Waals surface area contributed by atoms with E-state index in [0.717, 1.165) is 16.7 Å². The van der Waals surface area contributed by atoms with Crippen LogP contribution in [0.1, 0.15) is 16.1 Å². The summed E-state index contributed by atoms with van der Waals surface area (Å²) in [5.74, 6) is 0.512. The average molecular weight is 336 g/mol. The highest BCUT2D eigenvalue weighted by atomic mass is 16.1. The quantitative estimate of drug-likeness (QED) is 0.770. The zero-order chi connectivity index (χ0) is 17.8. The first kappa shape index (κ1) is 16.6. The maximum Gasteiger partial charge on any atom is 0.268 e.